The van der Waals surface area contributed by atoms with E-state index in [2.05, 4.69) is 19.9 Å². The van der Waals surface area contributed by atoms with Crippen LogP contribution in [0.3, 0.4) is 0 Å². The van der Waals surface area contributed by atoms with Crippen LogP contribution in [-0.2, 0) is 0 Å². The van der Waals surface area contributed by atoms with Crippen molar-refractivity contribution in [2.75, 3.05) is 0 Å². The summed E-state index contributed by atoms with van der Waals surface area (Å²) in [4.78, 5) is 0. The summed E-state index contributed by atoms with van der Waals surface area (Å²) in [5.74, 6) is 0.310. The highest BCUT2D eigenvalue weighted by atomic mass is 14.3. The summed E-state index contributed by atoms with van der Waals surface area (Å²) in [5.41, 5.74) is 2.92. The zero-order valence-electron chi connectivity index (χ0n) is 6.65. The van der Waals surface area contributed by atoms with E-state index in [9.17, 15) is 0 Å². The van der Waals surface area contributed by atoms with Gasteiger partial charge in [0.25, 0.3) is 0 Å². The van der Waals surface area contributed by atoms with Gasteiger partial charge in [0.05, 0.1) is 12.0 Å². The molecule has 0 spiro atoms. The monoisotopic (exact) mass is 135 g/mol. The van der Waals surface area contributed by atoms with Crippen LogP contribution in [0.4, 0.5) is 0 Å². The van der Waals surface area contributed by atoms with Gasteiger partial charge in [0.1, 0.15) is 0 Å². The zero-order valence-corrected chi connectivity index (χ0v) is 6.65. The molecule has 0 radical (unpaired) electrons. The predicted molar refractivity (Wildman–Crippen MR) is 41.3 cm³/mol. The van der Waals surface area contributed by atoms with Crippen LogP contribution in [0.5, 0.6) is 0 Å². The largest absolute Gasteiger partial charge is 0.198 e. The molecule has 0 amide bonds. The fraction of sp³-hybridized carbons (Fsp3) is 0.667. The van der Waals surface area contributed by atoms with Crippen LogP contribution < -0.4 is 0 Å². The minimum Gasteiger partial charge on any atom is -0.198 e. The summed E-state index contributed by atoms with van der Waals surface area (Å²) < 4.78 is 0. The molecular formula is C9H13N. The van der Waals surface area contributed by atoms with Gasteiger partial charge in [0.2, 0.25) is 0 Å². The maximum absolute atomic E-state index is 8.59. The number of nitriles is 1. The van der Waals surface area contributed by atoms with E-state index in [0.717, 1.165) is 19.3 Å². The molecular weight excluding hydrogens is 122 g/mol. The number of nitrogens with zero attached hydrogens (tertiary/aromatic N) is 1. The first kappa shape index (κ1) is 7.34. The molecule has 0 saturated heterocycles. The van der Waals surface area contributed by atoms with Crippen molar-refractivity contribution in [2.24, 2.45) is 5.92 Å². The second-order valence-corrected chi connectivity index (χ2v) is 3.17. The molecule has 0 aromatic rings. The van der Waals surface area contributed by atoms with Crippen molar-refractivity contribution in [1.82, 2.24) is 0 Å². The van der Waals surface area contributed by atoms with E-state index in [1.54, 1.807) is 0 Å². The fourth-order valence-electron chi connectivity index (χ4n) is 1.41. The summed E-state index contributed by atoms with van der Waals surface area (Å²) in [6.45, 7) is 4.27. The van der Waals surface area contributed by atoms with Gasteiger partial charge in [0, 0.05) is 0 Å². The quantitative estimate of drug-likeness (QED) is 0.468. The Morgan fingerprint density at radius 2 is 2.30 bits per heavy atom. The second-order valence-electron chi connectivity index (χ2n) is 3.17. The smallest absolute Gasteiger partial charge is 0.0659 e. The van der Waals surface area contributed by atoms with Gasteiger partial charge in [-0.2, -0.15) is 5.26 Å². The lowest BCUT2D eigenvalue weighted by atomic mass is 10.1. The standard InChI is InChI=1S/C9H13N/c1-7(2)9-4-3-8(5-9)6-10/h8H,3-5H2,1-2H3. The SMILES string of the molecule is CC(C)=C1CCC(C#N)C1. The lowest BCUT2D eigenvalue weighted by Gasteiger charge is -1.96. The van der Waals surface area contributed by atoms with E-state index in [1.165, 1.54) is 11.1 Å². The Balaban J connectivity index is 2.61. The molecule has 0 aliphatic heterocycles. The van der Waals surface area contributed by atoms with Gasteiger partial charge in [0.15, 0.2) is 0 Å². The summed E-state index contributed by atoms with van der Waals surface area (Å²) in [5, 5.41) is 8.59. The fourth-order valence-corrected chi connectivity index (χ4v) is 1.41. The molecule has 0 aromatic carbocycles. The maximum Gasteiger partial charge on any atom is 0.0659 e. The van der Waals surface area contributed by atoms with Gasteiger partial charge >= 0.3 is 0 Å². The summed E-state index contributed by atoms with van der Waals surface area (Å²) in [7, 11) is 0. The van der Waals surface area contributed by atoms with Crippen LogP contribution in [0, 0.1) is 17.2 Å². The van der Waals surface area contributed by atoms with Crippen molar-refractivity contribution >= 4 is 0 Å². The van der Waals surface area contributed by atoms with Crippen LogP contribution in [0.25, 0.3) is 0 Å². The molecule has 1 saturated carbocycles. The van der Waals surface area contributed by atoms with Gasteiger partial charge in [-0.1, -0.05) is 11.1 Å². The van der Waals surface area contributed by atoms with E-state index in [1.807, 2.05) is 0 Å². The molecule has 1 atom stereocenters. The highest BCUT2D eigenvalue weighted by Crippen LogP contribution is 2.31. The molecule has 1 aliphatic carbocycles. The molecule has 0 N–H and O–H groups in total. The highest BCUT2D eigenvalue weighted by molar-refractivity contribution is 5.17. The Bertz CT molecular complexity index is 191. The third-order valence-electron chi connectivity index (χ3n) is 2.18. The molecule has 1 nitrogen and oxygen atoms in total. The summed E-state index contributed by atoms with van der Waals surface area (Å²) >= 11 is 0. The number of hydrogen-bond donors (Lipinski definition) is 0. The van der Waals surface area contributed by atoms with E-state index in [4.69, 9.17) is 5.26 Å². The number of allylic oxidation sites excluding steroid dienone is 2. The zero-order chi connectivity index (χ0) is 7.56. The average Bonchev–Trinajstić information content (AvgIpc) is 2.34. The first-order valence-corrected chi connectivity index (χ1v) is 3.79. The molecule has 0 heterocycles. The highest BCUT2D eigenvalue weighted by Gasteiger charge is 2.18. The molecule has 1 heteroatoms. The van der Waals surface area contributed by atoms with Gasteiger partial charge in [-0.05, 0) is 33.1 Å². The van der Waals surface area contributed by atoms with Crippen LogP contribution >= 0.6 is 0 Å². The van der Waals surface area contributed by atoms with E-state index in [0.29, 0.717) is 5.92 Å². The Hall–Kier alpha value is -0.770. The van der Waals surface area contributed by atoms with E-state index >= 15 is 0 Å². The van der Waals surface area contributed by atoms with Crippen LogP contribution in [0.1, 0.15) is 33.1 Å². The Morgan fingerprint density at radius 1 is 1.60 bits per heavy atom. The Kier molecular flexibility index (Phi) is 2.11. The second kappa shape index (κ2) is 2.88. The van der Waals surface area contributed by atoms with Crippen LogP contribution in [0.15, 0.2) is 11.1 Å². The third kappa shape index (κ3) is 1.39. The molecule has 1 fully saturated rings. The minimum absolute atomic E-state index is 0.310. The topological polar surface area (TPSA) is 23.8 Å². The van der Waals surface area contributed by atoms with Crippen molar-refractivity contribution < 1.29 is 0 Å². The van der Waals surface area contributed by atoms with Crippen molar-refractivity contribution in [3.8, 4) is 6.07 Å². The van der Waals surface area contributed by atoms with Crippen molar-refractivity contribution in [1.29, 1.82) is 5.26 Å². The maximum atomic E-state index is 8.59. The lowest BCUT2D eigenvalue weighted by molar-refractivity contribution is 0.709. The third-order valence-corrected chi connectivity index (χ3v) is 2.18. The first-order valence-electron chi connectivity index (χ1n) is 3.79. The van der Waals surface area contributed by atoms with Crippen molar-refractivity contribution in [2.45, 2.75) is 33.1 Å². The molecule has 0 bridgehead atoms. The number of hydrogen-bond acceptors (Lipinski definition) is 1. The van der Waals surface area contributed by atoms with Gasteiger partial charge in [-0.15, -0.1) is 0 Å². The molecule has 54 valence electrons. The summed E-state index contributed by atoms with van der Waals surface area (Å²) in [6.07, 6.45) is 3.26. The molecule has 0 aromatic heterocycles. The average molecular weight is 135 g/mol. The molecule has 1 unspecified atom stereocenters. The van der Waals surface area contributed by atoms with Crippen molar-refractivity contribution in [3.63, 3.8) is 0 Å². The normalized spacial score (nSPS) is 24.5. The molecule has 1 rings (SSSR count). The van der Waals surface area contributed by atoms with E-state index < -0.39 is 0 Å². The summed E-state index contributed by atoms with van der Waals surface area (Å²) in [6, 6.07) is 2.31. The van der Waals surface area contributed by atoms with Crippen molar-refractivity contribution in [3.05, 3.63) is 11.1 Å². The minimum atomic E-state index is 0.310. The van der Waals surface area contributed by atoms with Gasteiger partial charge < -0.3 is 0 Å². The number of rotatable bonds is 0. The van der Waals surface area contributed by atoms with Gasteiger partial charge in [-0.3, -0.25) is 0 Å². The predicted octanol–water partition coefficient (Wildman–Crippen LogP) is 2.65. The Labute approximate surface area is 62.4 Å². The van der Waals surface area contributed by atoms with E-state index in [-0.39, 0.29) is 0 Å². The van der Waals surface area contributed by atoms with Crippen LogP contribution in [-0.4, -0.2) is 0 Å². The first-order chi connectivity index (χ1) is 4.74. The Morgan fingerprint density at radius 3 is 2.60 bits per heavy atom. The molecule has 1 aliphatic rings. The van der Waals surface area contributed by atoms with Crippen LogP contribution in [0.2, 0.25) is 0 Å². The lowest BCUT2D eigenvalue weighted by Crippen LogP contribution is -1.85. The molecule has 10 heavy (non-hydrogen) atoms. The van der Waals surface area contributed by atoms with Gasteiger partial charge in [-0.25, -0.2) is 0 Å².